The van der Waals surface area contributed by atoms with Crippen LogP contribution in [-0.2, 0) is 0 Å². The fraction of sp³-hybridized carbons (Fsp3) is 0.235. The van der Waals surface area contributed by atoms with E-state index in [9.17, 15) is 4.79 Å². The number of aromatic carboxylic acids is 1. The van der Waals surface area contributed by atoms with Gasteiger partial charge in [-0.1, -0.05) is 18.2 Å². The Bertz CT molecular complexity index is 634. The molecule has 21 heavy (non-hydrogen) atoms. The van der Waals surface area contributed by atoms with Gasteiger partial charge in [-0.15, -0.1) is 0 Å². The quantitative estimate of drug-likeness (QED) is 0.826. The van der Waals surface area contributed by atoms with Crippen molar-refractivity contribution in [3.63, 3.8) is 0 Å². The first-order chi connectivity index (χ1) is 10.1. The number of hydrogen-bond acceptors (Lipinski definition) is 3. The summed E-state index contributed by atoms with van der Waals surface area (Å²) in [7, 11) is 0. The Balaban J connectivity index is 1.86. The minimum absolute atomic E-state index is 0.211. The van der Waals surface area contributed by atoms with Gasteiger partial charge in [-0.05, 0) is 49.2 Å². The van der Waals surface area contributed by atoms with Crippen molar-refractivity contribution in [1.29, 1.82) is 0 Å². The van der Waals surface area contributed by atoms with Crippen LogP contribution < -0.4 is 9.47 Å². The van der Waals surface area contributed by atoms with Gasteiger partial charge in [-0.2, -0.15) is 0 Å². The van der Waals surface area contributed by atoms with E-state index in [0.29, 0.717) is 19.0 Å². The van der Waals surface area contributed by atoms with E-state index in [1.807, 2.05) is 32.0 Å². The summed E-state index contributed by atoms with van der Waals surface area (Å²) in [4.78, 5) is 10.9. The van der Waals surface area contributed by atoms with Crippen molar-refractivity contribution in [3.8, 4) is 11.5 Å². The molecule has 0 fully saturated rings. The molecule has 0 aromatic heterocycles. The predicted molar refractivity (Wildman–Crippen MR) is 80.3 cm³/mol. The highest BCUT2D eigenvalue weighted by Crippen LogP contribution is 2.19. The van der Waals surface area contributed by atoms with Crippen LogP contribution in [0.5, 0.6) is 11.5 Å². The molecule has 0 aliphatic rings. The Morgan fingerprint density at radius 3 is 2.57 bits per heavy atom. The maximum absolute atomic E-state index is 10.9. The summed E-state index contributed by atoms with van der Waals surface area (Å²) < 4.78 is 11.2. The Morgan fingerprint density at radius 1 is 1.05 bits per heavy atom. The van der Waals surface area contributed by atoms with Gasteiger partial charge in [0.25, 0.3) is 0 Å². The number of carboxylic acid groups (broad SMARTS) is 1. The molecule has 1 N–H and O–H groups in total. The fourth-order valence-electron chi connectivity index (χ4n) is 1.89. The molecule has 0 unspecified atom stereocenters. The first-order valence-corrected chi connectivity index (χ1v) is 6.72. The van der Waals surface area contributed by atoms with Crippen LogP contribution in [0.2, 0.25) is 0 Å². The SMILES string of the molecule is Cc1ccc(C)c(OCCOc2cccc(C(=O)O)c2)c1. The Morgan fingerprint density at radius 2 is 1.81 bits per heavy atom. The first kappa shape index (κ1) is 14.9. The van der Waals surface area contributed by atoms with Crippen LogP contribution in [-0.4, -0.2) is 24.3 Å². The van der Waals surface area contributed by atoms with Gasteiger partial charge in [0.15, 0.2) is 0 Å². The molecular weight excluding hydrogens is 268 g/mol. The van der Waals surface area contributed by atoms with E-state index in [0.717, 1.165) is 16.9 Å². The van der Waals surface area contributed by atoms with Crippen molar-refractivity contribution in [2.24, 2.45) is 0 Å². The molecule has 0 amide bonds. The van der Waals surface area contributed by atoms with Gasteiger partial charge in [-0.25, -0.2) is 4.79 Å². The summed E-state index contributed by atoms with van der Waals surface area (Å²) in [6.45, 7) is 4.77. The smallest absolute Gasteiger partial charge is 0.335 e. The molecule has 0 saturated heterocycles. The van der Waals surface area contributed by atoms with E-state index in [2.05, 4.69) is 0 Å². The lowest BCUT2D eigenvalue weighted by molar-refractivity contribution is 0.0696. The highest BCUT2D eigenvalue weighted by molar-refractivity contribution is 5.87. The molecule has 2 aromatic carbocycles. The third-order valence-corrected chi connectivity index (χ3v) is 3.03. The largest absolute Gasteiger partial charge is 0.490 e. The van der Waals surface area contributed by atoms with Crippen molar-refractivity contribution < 1.29 is 19.4 Å². The van der Waals surface area contributed by atoms with E-state index < -0.39 is 5.97 Å². The zero-order valence-electron chi connectivity index (χ0n) is 12.1. The summed E-state index contributed by atoms with van der Waals surface area (Å²) in [5.74, 6) is 0.407. The molecule has 4 heteroatoms. The first-order valence-electron chi connectivity index (χ1n) is 6.72. The monoisotopic (exact) mass is 286 g/mol. The van der Waals surface area contributed by atoms with Crippen LogP contribution in [0, 0.1) is 13.8 Å². The van der Waals surface area contributed by atoms with Crippen LogP contribution in [0.4, 0.5) is 0 Å². The van der Waals surface area contributed by atoms with Gasteiger partial charge in [0.1, 0.15) is 24.7 Å². The highest BCUT2D eigenvalue weighted by Gasteiger charge is 2.04. The Kier molecular flexibility index (Phi) is 4.82. The lowest BCUT2D eigenvalue weighted by Gasteiger charge is -2.11. The third kappa shape index (κ3) is 4.24. The third-order valence-electron chi connectivity index (χ3n) is 3.03. The van der Waals surface area contributed by atoms with Crippen molar-refractivity contribution >= 4 is 5.97 Å². The van der Waals surface area contributed by atoms with Gasteiger partial charge in [0.05, 0.1) is 5.56 Å². The molecule has 2 aromatic rings. The van der Waals surface area contributed by atoms with E-state index in [-0.39, 0.29) is 5.56 Å². The summed E-state index contributed by atoms with van der Waals surface area (Å²) in [5.41, 5.74) is 2.43. The van der Waals surface area contributed by atoms with Gasteiger partial charge >= 0.3 is 5.97 Å². The zero-order valence-corrected chi connectivity index (χ0v) is 12.1. The molecule has 0 radical (unpaired) electrons. The summed E-state index contributed by atoms with van der Waals surface area (Å²) >= 11 is 0. The number of ether oxygens (including phenoxy) is 2. The summed E-state index contributed by atoms with van der Waals surface area (Å²) in [6.07, 6.45) is 0. The normalized spacial score (nSPS) is 10.2. The number of carbonyl (C=O) groups is 1. The molecule has 0 saturated carbocycles. The molecular formula is C17H18O4. The van der Waals surface area contributed by atoms with Crippen LogP contribution in [0.25, 0.3) is 0 Å². The second-order valence-corrected chi connectivity index (χ2v) is 4.80. The molecule has 0 bridgehead atoms. The summed E-state index contributed by atoms with van der Waals surface area (Å²) in [5, 5.41) is 8.91. The van der Waals surface area contributed by atoms with E-state index >= 15 is 0 Å². The summed E-state index contributed by atoms with van der Waals surface area (Å²) in [6, 6.07) is 12.5. The van der Waals surface area contributed by atoms with Gasteiger partial charge in [-0.3, -0.25) is 0 Å². The zero-order chi connectivity index (χ0) is 15.2. The highest BCUT2D eigenvalue weighted by atomic mass is 16.5. The standard InChI is InChI=1S/C17H18O4/c1-12-6-7-13(2)16(10-12)21-9-8-20-15-5-3-4-14(11-15)17(18)19/h3-7,10-11H,8-9H2,1-2H3,(H,18,19). The fourth-order valence-corrected chi connectivity index (χ4v) is 1.89. The lowest BCUT2D eigenvalue weighted by atomic mass is 10.1. The van der Waals surface area contributed by atoms with Crippen LogP contribution in [0.15, 0.2) is 42.5 Å². The lowest BCUT2D eigenvalue weighted by Crippen LogP contribution is -2.10. The van der Waals surface area contributed by atoms with Crippen molar-refractivity contribution in [2.45, 2.75) is 13.8 Å². The molecule has 0 aliphatic heterocycles. The van der Waals surface area contributed by atoms with Crippen molar-refractivity contribution in [1.82, 2.24) is 0 Å². The topological polar surface area (TPSA) is 55.8 Å². The Hall–Kier alpha value is -2.49. The van der Waals surface area contributed by atoms with Crippen LogP contribution in [0.1, 0.15) is 21.5 Å². The minimum atomic E-state index is -0.966. The molecule has 0 spiro atoms. The second-order valence-electron chi connectivity index (χ2n) is 4.80. The molecule has 110 valence electrons. The van der Waals surface area contributed by atoms with Gasteiger partial charge in [0.2, 0.25) is 0 Å². The maximum atomic E-state index is 10.9. The van der Waals surface area contributed by atoms with E-state index in [1.54, 1.807) is 12.1 Å². The number of rotatable bonds is 6. The van der Waals surface area contributed by atoms with Crippen molar-refractivity contribution in [3.05, 3.63) is 59.2 Å². The van der Waals surface area contributed by atoms with Gasteiger partial charge in [0, 0.05) is 0 Å². The average Bonchev–Trinajstić information content (AvgIpc) is 2.47. The maximum Gasteiger partial charge on any atom is 0.335 e. The molecule has 0 aliphatic carbocycles. The van der Waals surface area contributed by atoms with Gasteiger partial charge < -0.3 is 14.6 Å². The predicted octanol–water partition coefficient (Wildman–Crippen LogP) is 3.46. The molecule has 0 atom stereocenters. The Labute approximate surface area is 123 Å². The number of carboxylic acids is 1. The number of hydrogen-bond donors (Lipinski definition) is 1. The second kappa shape index (κ2) is 6.79. The minimum Gasteiger partial charge on any atom is -0.490 e. The molecule has 4 nitrogen and oxygen atoms in total. The van der Waals surface area contributed by atoms with Crippen LogP contribution in [0.3, 0.4) is 0 Å². The van der Waals surface area contributed by atoms with Crippen molar-refractivity contribution in [2.75, 3.05) is 13.2 Å². The van der Waals surface area contributed by atoms with E-state index in [4.69, 9.17) is 14.6 Å². The molecule has 0 heterocycles. The average molecular weight is 286 g/mol. The molecule has 2 rings (SSSR count). The van der Waals surface area contributed by atoms with E-state index in [1.165, 1.54) is 12.1 Å². The van der Waals surface area contributed by atoms with Crippen LogP contribution >= 0.6 is 0 Å². The number of benzene rings is 2. The number of aryl methyl sites for hydroxylation is 2.